The maximum absolute atomic E-state index is 2.51. The fraction of sp³-hybridized carbons (Fsp3) is 0.333. The van der Waals surface area contributed by atoms with Crippen LogP contribution in [0.1, 0.15) is 69.0 Å². The van der Waals surface area contributed by atoms with E-state index >= 15 is 0 Å². The Balaban J connectivity index is 0.00000131. The Labute approximate surface area is 187 Å². The third-order valence-corrected chi connectivity index (χ3v) is 10.4. The van der Waals surface area contributed by atoms with E-state index in [0.29, 0.717) is 0 Å². The first-order valence-corrected chi connectivity index (χ1v) is 12.5. The van der Waals surface area contributed by atoms with Crippen LogP contribution in [-0.4, -0.2) is 0 Å². The van der Waals surface area contributed by atoms with Gasteiger partial charge in [0.05, 0.1) is 0 Å². The smallest absolute Gasteiger partial charge is 1.00 e. The van der Waals surface area contributed by atoms with Gasteiger partial charge in [-0.15, -0.1) is 0 Å². The van der Waals surface area contributed by atoms with Crippen molar-refractivity contribution in [2.45, 2.75) is 46.8 Å². The molecule has 4 rings (SSSR count). The Hall–Kier alpha value is -0.617. The van der Waals surface area contributed by atoms with Crippen LogP contribution in [0.25, 0.3) is 12.2 Å². The molecule has 0 nitrogen and oxygen atoms in total. The molecule has 3 heteroatoms. The minimum atomic E-state index is -0.673. The van der Waals surface area contributed by atoms with E-state index < -0.39 is 23.2 Å². The summed E-state index contributed by atoms with van der Waals surface area (Å²) in [6, 6.07) is 18.3. The van der Waals surface area contributed by atoms with Gasteiger partial charge >= 0.3 is 164 Å². The van der Waals surface area contributed by atoms with E-state index in [1.807, 2.05) is 0 Å². The Bertz CT molecular complexity index is 768. The SMILES string of the molecule is CCCC1=Cc2ccccc2[CH]1[Zr+2][CH]1C(CCC)=Cc2ccccc21.[Cl-].[Cl-]. The third kappa shape index (κ3) is 4.52. The fourth-order valence-electron chi connectivity index (χ4n) is 4.35. The minimum absolute atomic E-state index is 0. The van der Waals surface area contributed by atoms with Gasteiger partial charge in [-0.3, -0.25) is 0 Å². The van der Waals surface area contributed by atoms with Crippen molar-refractivity contribution in [2.75, 3.05) is 0 Å². The molecule has 0 radical (unpaired) electrons. The van der Waals surface area contributed by atoms with Crippen LogP contribution in [0.3, 0.4) is 0 Å². The molecule has 0 N–H and O–H groups in total. The predicted octanol–water partition coefficient (Wildman–Crippen LogP) is 0.954. The number of hydrogen-bond acceptors (Lipinski definition) is 0. The molecule has 0 fully saturated rings. The van der Waals surface area contributed by atoms with Gasteiger partial charge in [0.25, 0.3) is 0 Å². The Morgan fingerprint density at radius 2 is 1.07 bits per heavy atom. The number of benzene rings is 2. The van der Waals surface area contributed by atoms with Crippen molar-refractivity contribution < 1.29 is 48.0 Å². The molecular formula is C24H26Cl2Zr. The maximum Gasteiger partial charge on any atom is -1.00 e. The standard InChI is InChI=1S/2C12H13.2ClH.Zr/c2*1-2-5-10-8-11-6-3-4-7-12(11)9-10;;;/h2*3-4,6-9H,2,5H2,1H3;2*1H;/q;;;;+2/p-2. The molecule has 0 heterocycles. The van der Waals surface area contributed by atoms with Gasteiger partial charge in [-0.2, -0.15) is 0 Å². The van der Waals surface area contributed by atoms with Crippen molar-refractivity contribution in [3.8, 4) is 0 Å². The minimum Gasteiger partial charge on any atom is -1.00 e. The third-order valence-electron chi connectivity index (χ3n) is 5.45. The van der Waals surface area contributed by atoms with E-state index in [2.05, 4.69) is 74.5 Å². The average Bonchev–Trinajstić information content (AvgIpc) is 3.15. The molecule has 27 heavy (non-hydrogen) atoms. The second-order valence-electron chi connectivity index (χ2n) is 7.23. The van der Waals surface area contributed by atoms with E-state index in [-0.39, 0.29) is 24.8 Å². The van der Waals surface area contributed by atoms with Crippen LogP contribution in [0.4, 0.5) is 0 Å². The summed E-state index contributed by atoms with van der Waals surface area (Å²) in [6.45, 7) is 4.64. The molecule has 2 aromatic rings. The summed E-state index contributed by atoms with van der Waals surface area (Å²) in [7, 11) is 0. The van der Waals surface area contributed by atoms with Crippen LogP contribution < -0.4 is 24.8 Å². The van der Waals surface area contributed by atoms with Crippen molar-refractivity contribution in [3.05, 3.63) is 81.9 Å². The first-order chi connectivity index (χ1) is 12.3. The molecule has 140 valence electrons. The van der Waals surface area contributed by atoms with Gasteiger partial charge in [0.2, 0.25) is 0 Å². The second kappa shape index (κ2) is 10.2. The van der Waals surface area contributed by atoms with Gasteiger partial charge < -0.3 is 24.8 Å². The molecule has 2 aromatic carbocycles. The molecule has 2 aliphatic carbocycles. The summed E-state index contributed by atoms with van der Waals surface area (Å²) in [6.07, 6.45) is 10.1. The van der Waals surface area contributed by atoms with E-state index in [0.717, 1.165) is 7.25 Å². The zero-order chi connectivity index (χ0) is 17.2. The number of halogens is 2. The summed E-state index contributed by atoms with van der Waals surface area (Å²) in [5.41, 5.74) is 9.66. The van der Waals surface area contributed by atoms with Crippen molar-refractivity contribution >= 4 is 12.2 Å². The van der Waals surface area contributed by atoms with Gasteiger partial charge in [-0.25, -0.2) is 0 Å². The van der Waals surface area contributed by atoms with E-state index in [1.54, 1.807) is 22.3 Å². The molecule has 0 amide bonds. The predicted molar refractivity (Wildman–Crippen MR) is 104 cm³/mol. The average molecular weight is 477 g/mol. The van der Waals surface area contributed by atoms with Crippen LogP contribution in [0.15, 0.2) is 59.7 Å². The molecular weight excluding hydrogens is 450 g/mol. The topological polar surface area (TPSA) is 0 Å². The molecule has 0 aliphatic heterocycles. The number of hydrogen-bond donors (Lipinski definition) is 0. The molecule has 2 unspecified atom stereocenters. The van der Waals surface area contributed by atoms with Gasteiger partial charge in [0.1, 0.15) is 0 Å². The number of rotatable bonds is 6. The van der Waals surface area contributed by atoms with E-state index in [1.165, 1.54) is 36.8 Å². The summed E-state index contributed by atoms with van der Waals surface area (Å²) >= 11 is -0.673. The van der Waals surface area contributed by atoms with Gasteiger partial charge in [0.15, 0.2) is 0 Å². The first kappa shape index (κ1) is 22.7. The Morgan fingerprint density at radius 1 is 0.667 bits per heavy atom. The summed E-state index contributed by atoms with van der Waals surface area (Å²) in [5, 5.41) is 0. The van der Waals surface area contributed by atoms with Crippen molar-refractivity contribution in [1.29, 1.82) is 0 Å². The normalized spacial score (nSPS) is 19.0. The Morgan fingerprint density at radius 3 is 1.48 bits per heavy atom. The zero-order valence-corrected chi connectivity index (χ0v) is 20.0. The zero-order valence-electron chi connectivity index (χ0n) is 16.0. The van der Waals surface area contributed by atoms with Crippen molar-refractivity contribution in [1.82, 2.24) is 0 Å². The molecule has 0 saturated carbocycles. The molecule has 0 saturated heterocycles. The molecule has 0 bridgehead atoms. The Kier molecular flexibility index (Phi) is 8.60. The monoisotopic (exact) mass is 474 g/mol. The van der Waals surface area contributed by atoms with Gasteiger partial charge in [0, 0.05) is 0 Å². The summed E-state index contributed by atoms with van der Waals surface area (Å²) < 4.78 is 1.52. The first-order valence-electron chi connectivity index (χ1n) is 9.66. The van der Waals surface area contributed by atoms with Crippen molar-refractivity contribution in [2.24, 2.45) is 0 Å². The fourth-order valence-corrected chi connectivity index (χ4v) is 9.51. The molecule has 0 spiro atoms. The van der Waals surface area contributed by atoms with Crippen LogP contribution in [0, 0.1) is 0 Å². The van der Waals surface area contributed by atoms with E-state index in [4.69, 9.17) is 0 Å². The number of allylic oxidation sites excluding steroid dienone is 2. The molecule has 2 aliphatic rings. The van der Waals surface area contributed by atoms with Crippen LogP contribution in [0.5, 0.6) is 0 Å². The largest absolute Gasteiger partial charge is 1.00 e. The van der Waals surface area contributed by atoms with Gasteiger partial charge in [-0.05, 0) is 0 Å². The molecule has 0 aromatic heterocycles. The number of fused-ring (bicyclic) bond motifs is 2. The van der Waals surface area contributed by atoms with Crippen LogP contribution >= 0.6 is 0 Å². The van der Waals surface area contributed by atoms with Crippen LogP contribution in [-0.2, 0) is 23.2 Å². The quantitative estimate of drug-likeness (QED) is 0.583. The summed E-state index contributed by atoms with van der Waals surface area (Å²) in [4.78, 5) is 0. The maximum atomic E-state index is 2.51. The summed E-state index contributed by atoms with van der Waals surface area (Å²) in [5.74, 6) is 0. The van der Waals surface area contributed by atoms with E-state index in [9.17, 15) is 0 Å². The second-order valence-corrected chi connectivity index (χ2v) is 10.9. The van der Waals surface area contributed by atoms with Crippen LogP contribution in [0.2, 0.25) is 0 Å². The molecule has 2 atom stereocenters. The van der Waals surface area contributed by atoms with Crippen molar-refractivity contribution in [3.63, 3.8) is 0 Å². The van der Waals surface area contributed by atoms with Gasteiger partial charge in [-0.1, -0.05) is 0 Å².